The van der Waals surface area contributed by atoms with E-state index in [0.717, 1.165) is 16.1 Å². The molecule has 1 amide bonds. The second-order valence-electron chi connectivity index (χ2n) is 6.65. The van der Waals surface area contributed by atoms with Crippen LogP contribution in [0.1, 0.15) is 21.6 Å². The lowest BCUT2D eigenvalue weighted by Crippen LogP contribution is -2.38. The van der Waals surface area contributed by atoms with Gasteiger partial charge in [-0.2, -0.15) is 22.8 Å². The highest BCUT2D eigenvalue weighted by atomic mass is 19.4. The number of fused-ring (bicyclic) bond motifs is 2. The topological polar surface area (TPSA) is 63.9 Å². The predicted octanol–water partition coefficient (Wildman–Crippen LogP) is 3.23. The van der Waals surface area contributed by atoms with E-state index >= 15 is 0 Å². The zero-order valence-electron chi connectivity index (χ0n) is 15.4. The van der Waals surface area contributed by atoms with Crippen LogP contribution >= 0.6 is 0 Å². The van der Waals surface area contributed by atoms with Gasteiger partial charge in [-0.15, -0.1) is 0 Å². The summed E-state index contributed by atoms with van der Waals surface area (Å²) in [5, 5.41) is 3.64. The van der Waals surface area contributed by atoms with Crippen molar-refractivity contribution in [3.05, 3.63) is 53.2 Å². The van der Waals surface area contributed by atoms with Crippen molar-refractivity contribution in [2.75, 3.05) is 20.2 Å². The van der Waals surface area contributed by atoms with E-state index < -0.39 is 11.9 Å². The van der Waals surface area contributed by atoms with Crippen molar-refractivity contribution in [1.29, 1.82) is 0 Å². The number of carbonyl (C=O) groups excluding carboxylic acids is 2. The summed E-state index contributed by atoms with van der Waals surface area (Å²) in [6.07, 6.45) is -3.34. The number of aromatic nitrogens is 2. The third-order valence-corrected chi connectivity index (χ3v) is 4.97. The van der Waals surface area contributed by atoms with Gasteiger partial charge in [-0.05, 0) is 35.7 Å². The van der Waals surface area contributed by atoms with Crippen molar-refractivity contribution in [1.82, 2.24) is 14.5 Å². The zero-order chi connectivity index (χ0) is 20.8. The average Bonchev–Trinajstić information content (AvgIpc) is 3.15. The number of nitrogens with zero attached hydrogens (tertiary/aromatic N) is 3. The molecule has 150 valence electrons. The smallest absolute Gasteiger partial charge is 0.435 e. The van der Waals surface area contributed by atoms with E-state index in [-0.39, 0.29) is 23.8 Å². The van der Waals surface area contributed by atoms with Crippen molar-refractivity contribution in [2.24, 2.45) is 0 Å². The molecule has 0 spiro atoms. The highest BCUT2D eigenvalue weighted by Crippen LogP contribution is 2.35. The Morgan fingerprint density at radius 3 is 2.62 bits per heavy atom. The predicted molar refractivity (Wildman–Crippen MR) is 97.9 cm³/mol. The number of benzene rings is 1. The monoisotopic (exact) mass is 403 g/mol. The van der Waals surface area contributed by atoms with Gasteiger partial charge >= 0.3 is 6.18 Å². The van der Waals surface area contributed by atoms with E-state index in [1.807, 2.05) is 0 Å². The number of alkyl halides is 3. The van der Waals surface area contributed by atoms with Gasteiger partial charge in [-0.25, -0.2) is 0 Å². The van der Waals surface area contributed by atoms with Gasteiger partial charge in [0.15, 0.2) is 5.69 Å². The van der Waals surface area contributed by atoms with Crippen LogP contribution in [0.5, 0.6) is 5.88 Å². The van der Waals surface area contributed by atoms with Crippen LogP contribution < -0.4 is 4.74 Å². The Kier molecular flexibility index (Phi) is 4.52. The lowest BCUT2D eigenvalue weighted by molar-refractivity contribution is -0.141. The van der Waals surface area contributed by atoms with Gasteiger partial charge in [0.25, 0.3) is 5.91 Å². The number of carbonyl (C=O) groups is 2. The maximum Gasteiger partial charge on any atom is 0.435 e. The van der Waals surface area contributed by atoms with Crippen LogP contribution in [0.25, 0.3) is 16.6 Å². The van der Waals surface area contributed by atoms with Gasteiger partial charge in [0.1, 0.15) is 6.29 Å². The molecule has 1 aliphatic rings. The summed E-state index contributed by atoms with van der Waals surface area (Å²) in [5.41, 5.74) is 1.73. The molecule has 6 nitrogen and oxygen atoms in total. The normalized spacial score (nSPS) is 14.2. The number of hydrogen-bond donors (Lipinski definition) is 0. The van der Waals surface area contributed by atoms with E-state index in [1.165, 1.54) is 12.0 Å². The Hall–Kier alpha value is -3.36. The molecule has 0 N–H and O–H groups in total. The second-order valence-corrected chi connectivity index (χ2v) is 6.65. The minimum Gasteiger partial charge on any atom is -0.481 e. The fourth-order valence-electron chi connectivity index (χ4n) is 3.56. The summed E-state index contributed by atoms with van der Waals surface area (Å²) in [7, 11) is 1.36. The Balaban J connectivity index is 1.83. The van der Waals surface area contributed by atoms with Gasteiger partial charge in [0.05, 0.1) is 19.2 Å². The van der Waals surface area contributed by atoms with Crippen molar-refractivity contribution >= 4 is 17.7 Å². The minimum atomic E-state index is -4.58. The van der Waals surface area contributed by atoms with Crippen LogP contribution in [0.4, 0.5) is 13.2 Å². The van der Waals surface area contributed by atoms with E-state index in [0.29, 0.717) is 35.9 Å². The molecule has 2 aromatic heterocycles. The molecule has 1 aromatic carbocycles. The summed E-state index contributed by atoms with van der Waals surface area (Å²) in [5.74, 6) is -0.0506. The molecule has 9 heteroatoms. The van der Waals surface area contributed by atoms with E-state index in [2.05, 4.69) is 5.10 Å². The number of rotatable bonds is 4. The number of amides is 1. The van der Waals surface area contributed by atoms with Crippen molar-refractivity contribution < 1.29 is 27.5 Å². The molecule has 0 saturated heterocycles. The number of hydrogen-bond acceptors (Lipinski definition) is 4. The number of ether oxygens (including phenoxy) is 1. The summed E-state index contributed by atoms with van der Waals surface area (Å²) in [4.78, 5) is 24.7. The van der Waals surface area contributed by atoms with Gasteiger partial charge in [0, 0.05) is 23.7 Å². The minimum absolute atomic E-state index is 0.0369. The molecular weight excluding hydrogens is 387 g/mol. The van der Waals surface area contributed by atoms with Crippen LogP contribution in [-0.2, 0) is 17.4 Å². The molecule has 0 bridgehead atoms. The standard InChI is InChI=1S/C20H16F3N3O3/c1-29-18-5-4-14(16-11-17(20(21,22)23)24-26(16)18)12-2-3-15-13(10-12)6-7-25(8-9-27)19(15)28/h2-5,9-11H,6-8H2,1H3. The first-order chi connectivity index (χ1) is 13.8. The van der Waals surface area contributed by atoms with Gasteiger partial charge < -0.3 is 14.4 Å². The van der Waals surface area contributed by atoms with Crippen LogP contribution in [0, 0.1) is 0 Å². The lowest BCUT2D eigenvalue weighted by atomic mass is 9.94. The van der Waals surface area contributed by atoms with Crippen molar-refractivity contribution in [3.63, 3.8) is 0 Å². The molecule has 3 heterocycles. The quantitative estimate of drug-likeness (QED) is 0.628. The molecule has 0 radical (unpaired) electrons. The van der Waals surface area contributed by atoms with Crippen molar-refractivity contribution in [2.45, 2.75) is 12.6 Å². The Labute approximate surface area is 163 Å². The van der Waals surface area contributed by atoms with E-state index in [4.69, 9.17) is 4.74 Å². The number of pyridine rings is 1. The fourth-order valence-corrected chi connectivity index (χ4v) is 3.56. The third kappa shape index (κ3) is 3.22. The van der Waals surface area contributed by atoms with Crippen LogP contribution in [0.2, 0.25) is 0 Å². The molecule has 1 aliphatic heterocycles. The molecular formula is C20H16F3N3O3. The first-order valence-electron chi connectivity index (χ1n) is 8.83. The maximum absolute atomic E-state index is 13.2. The van der Waals surface area contributed by atoms with Gasteiger partial charge in [0.2, 0.25) is 5.88 Å². The summed E-state index contributed by atoms with van der Waals surface area (Å²) >= 11 is 0. The third-order valence-electron chi connectivity index (χ3n) is 4.97. The fraction of sp³-hybridized carbons (Fsp3) is 0.250. The largest absolute Gasteiger partial charge is 0.481 e. The molecule has 0 aliphatic carbocycles. The number of methoxy groups -OCH3 is 1. The van der Waals surface area contributed by atoms with Gasteiger partial charge in [-0.1, -0.05) is 12.1 Å². The summed E-state index contributed by atoms with van der Waals surface area (Å²) < 4.78 is 45.8. The first kappa shape index (κ1) is 19.0. The van der Waals surface area contributed by atoms with E-state index in [1.54, 1.807) is 30.3 Å². The first-order valence-corrected chi connectivity index (χ1v) is 8.83. The Bertz CT molecular complexity index is 1120. The number of aldehydes is 1. The number of halogens is 3. The zero-order valence-corrected chi connectivity index (χ0v) is 15.4. The maximum atomic E-state index is 13.2. The highest BCUT2D eigenvalue weighted by molar-refractivity contribution is 5.98. The average molecular weight is 403 g/mol. The van der Waals surface area contributed by atoms with E-state index in [9.17, 15) is 22.8 Å². The van der Waals surface area contributed by atoms with Crippen LogP contribution in [-0.4, -0.2) is 46.9 Å². The molecule has 29 heavy (non-hydrogen) atoms. The van der Waals surface area contributed by atoms with Crippen LogP contribution in [0.3, 0.4) is 0 Å². The molecule has 0 fully saturated rings. The molecule has 0 unspecified atom stereocenters. The highest BCUT2D eigenvalue weighted by Gasteiger charge is 2.35. The molecule has 4 rings (SSSR count). The Morgan fingerprint density at radius 1 is 1.17 bits per heavy atom. The van der Waals surface area contributed by atoms with Gasteiger partial charge in [-0.3, -0.25) is 4.79 Å². The molecule has 0 atom stereocenters. The summed E-state index contributed by atoms with van der Waals surface area (Å²) in [6, 6.07) is 9.32. The SMILES string of the molecule is COc1ccc(-c2ccc3c(c2)CCN(CC=O)C3=O)c2cc(C(F)(F)F)nn12. The molecule has 0 saturated carbocycles. The lowest BCUT2D eigenvalue weighted by Gasteiger charge is -2.27. The van der Waals surface area contributed by atoms with Crippen LogP contribution in [0.15, 0.2) is 36.4 Å². The second kappa shape index (κ2) is 6.91. The van der Waals surface area contributed by atoms with Crippen molar-refractivity contribution in [3.8, 4) is 17.0 Å². The molecule has 3 aromatic rings. The Morgan fingerprint density at radius 2 is 1.93 bits per heavy atom. The summed E-state index contributed by atoms with van der Waals surface area (Å²) in [6.45, 7) is 0.451.